The van der Waals surface area contributed by atoms with Crippen molar-refractivity contribution in [2.75, 3.05) is 14.2 Å². The molecule has 1 saturated heterocycles. The van der Waals surface area contributed by atoms with Gasteiger partial charge in [-0.1, -0.05) is 68.4 Å². The third kappa shape index (κ3) is 5.44. The van der Waals surface area contributed by atoms with E-state index in [0.29, 0.717) is 10.1 Å². The van der Waals surface area contributed by atoms with Gasteiger partial charge >= 0.3 is 0 Å². The Morgan fingerprint density at radius 2 is 1.45 bits per heavy atom. The lowest BCUT2D eigenvalue weighted by molar-refractivity contribution is -0.121. The number of para-hydroxylation sites is 1. The van der Waals surface area contributed by atoms with Crippen LogP contribution in [0.1, 0.15) is 19.4 Å². The van der Waals surface area contributed by atoms with Gasteiger partial charge in [0.05, 0.1) is 17.7 Å². The molecule has 1 aliphatic heterocycles. The summed E-state index contributed by atoms with van der Waals surface area (Å²) in [5, 5.41) is 0.683. The Morgan fingerprint density at radius 3 is 2.03 bits per heavy atom. The molecule has 0 saturated carbocycles. The minimum atomic E-state index is -0.0380. The standard InChI is InChI=1S/C24H20N2O2S.C2H6/c1-26-23(27)22(29-24(26)25-20-6-4-3-5-7-20)16-17-8-10-18(11-9-17)19-12-14-21(28-2)15-13-19;1-2/h3-16H,1-2H3;1-2H3/b22-16-,25-24?;. The van der Waals surface area contributed by atoms with E-state index in [0.717, 1.165) is 28.1 Å². The molecular formula is C26H26N2O2S. The van der Waals surface area contributed by atoms with E-state index in [1.165, 1.54) is 11.8 Å². The highest BCUT2D eigenvalue weighted by molar-refractivity contribution is 8.18. The quantitative estimate of drug-likeness (QED) is 0.437. The van der Waals surface area contributed by atoms with Crippen molar-refractivity contribution in [3.05, 3.63) is 89.3 Å². The number of carbonyl (C=O) groups is 1. The smallest absolute Gasteiger partial charge is 0.266 e. The SMILES string of the molecule is CC.COc1ccc(-c2ccc(/C=C3\SC(=Nc4ccccc4)N(C)C3=O)cc2)cc1. The molecule has 1 amide bonds. The van der Waals surface area contributed by atoms with Crippen molar-refractivity contribution >= 4 is 34.6 Å². The third-order valence-electron chi connectivity index (χ3n) is 4.62. The van der Waals surface area contributed by atoms with Gasteiger partial charge in [0.2, 0.25) is 0 Å². The van der Waals surface area contributed by atoms with E-state index in [2.05, 4.69) is 17.1 Å². The first kappa shape index (κ1) is 22.4. The van der Waals surface area contributed by atoms with Crippen molar-refractivity contribution in [2.24, 2.45) is 4.99 Å². The van der Waals surface area contributed by atoms with Gasteiger partial charge in [-0.25, -0.2) is 4.99 Å². The number of carbonyl (C=O) groups excluding carboxylic acids is 1. The Balaban J connectivity index is 0.00000132. The molecule has 3 aromatic carbocycles. The minimum absolute atomic E-state index is 0.0380. The van der Waals surface area contributed by atoms with Crippen LogP contribution in [0.25, 0.3) is 17.2 Å². The van der Waals surface area contributed by atoms with Crippen LogP contribution in [-0.4, -0.2) is 30.1 Å². The van der Waals surface area contributed by atoms with Crippen LogP contribution < -0.4 is 4.74 Å². The first-order valence-electron chi connectivity index (χ1n) is 10.2. The van der Waals surface area contributed by atoms with Gasteiger partial charge in [0, 0.05) is 7.05 Å². The molecule has 0 radical (unpaired) electrons. The third-order valence-corrected chi connectivity index (χ3v) is 5.68. The summed E-state index contributed by atoms with van der Waals surface area (Å²) in [5.41, 5.74) is 4.05. The lowest BCUT2D eigenvalue weighted by atomic mass is 10.0. The van der Waals surface area contributed by atoms with Gasteiger partial charge in [-0.05, 0) is 58.8 Å². The lowest BCUT2D eigenvalue weighted by Crippen LogP contribution is -2.23. The van der Waals surface area contributed by atoms with Gasteiger partial charge < -0.3 is 4.74 Å². The highest BCUT2D eigenvalue weighted by Gasteiger charge is 2.30. The van der Waals surface area contributed by atoms with E-state index >= 15 is 0 Å². The van der Waals surface area contributed by atoms with Crippen molar-refractivity contribution in [2.45, 2.75) is 13.8 Å². The van der Waals surface area contributed by atoms with Gasteiger partial charge in [0.1, 0.15) is 5.75 Å². The Morgan fingerprint density at radius 1 is 0.871 bits per heavy atom. The average molecular weight is 431 g/mol. The molecule has 0 bridgehead atoms. The molecule has 0 unspecified atom stereocenters. The van der Waals surface area contributed by atoms with Crippen LogP contribution in [0.5, 0.6) is 5.75 Å². The van der Waals surface area contributed by atoms with Crippen LogP contribution >= 0.6 is 11.8 Å². The van der Waals surface area contributed by atoms with E-state index in [-0.39, 0.29) is 5.91 Å². The summed E-state index contributed by atoms with van der Waals surface area (Å²) in [7, 11) is 3.41. The number of benzene rings is 3. The first-order chi connectivity index (χ1) is 15.1. The van der Waals surface area contributed by atoms with Crippen molar-refractivity contribution in [3.8, 4) is 16.9 Å². The molecule has 0 aliphatic carbocycles. The number of aliphatic imine (C=N–C) groups is 1. The molecule has 3 aromatic rings. The van der Waals surface area contributed by atoms with Crippen LogP contribution in [0.15, 0.2) is 88.8 Å². The molecule has 0 spiro atoms. The maximum absolute atomic E-state index is 12.6. The number of hydrogen-bond acceptors (Lipinski definition) is 4. The maximum Gasteiger partial charge on any atom is 0.266 e. The fourth-order valence-corrected chi connectivity index (χ4v) is 3.96. The van der Waals surface area contributed by atoms with Crippen LogP contribution in [0.4, 0.5) is 5.69 Å². The number of methoxy groups -OCH3 is 1. The minimum Gasteiger partial charge on any atom is -0.497 e. The number of thioether (sulfide) groups is 1. The second-order valence-corrected chi connectivity index (χ2v) is 7.56. The molecule has 0 N–H and O–H groups in total. The fourth-order valence-electron chi connectivity index (χ4n) is 2.97. The Hall–Kier alpha value is -3.31. The Labute approximate surface area is 188 Å². The van der Waals surface area contributed by atoms with Crippen molar-refractivity contribution in [3.63, 3.8) is 0 Å². The predicted molar refractivity (Wildman–Crippen MR) is 132 cm³/mol. The van der Waals surface area contributed by atoms with Crippen LogP contribution in [0.3, 0.4) is 0 Å². The zero-order chi connectivity index (χ0) is 22.2. The highest BCUT2D eigenvalue weighted by Crippen LogP contribution is 2.33. The van der Waals surface area contributed by atoms with Crippen molar-refractivity contribution in [1.82, 2.24) is 4.90 Å². The predicted octanol–water partition coefficient (Wildman–Crippen LogP) is 6.62. The van der Waals surface area contributed by atoms with Gasteiger partial charge in [-0.3, -0.25) is 9.69 Å². The van der Waals surface area contributed by atoms with Gasteiger partial charge in [-0.15, -0.1) is 0 Å². The van der Waals surface area contributed by atoms with Crippen LogP contribution in [0, 0.1) is 0 Å². The largest absolute Gasteiger partial charge is 0.497 e. The topological polar surface area (TPSA) is 41.9 Å². The van der Waals surface area contributed by atoms with Crippen molar-refractivity contribution in [1.29, 1.82) is 0 Å². The molecule has 1 aliphatic rings. The number of hydrogen-bond donors (Lipinski definition) is 0. The average Bonchev–Trinajstić information content (AvgIpc) is 3.09. The van der Waals surface area contributed by atoms with Gasteiger partial charge in [-0.2, -0.15) is 0 Å². The normalized spacial score (nSPS) is 15.7. The van der Waals surface area contributed by atoms with Crippen molar-refractivity contribution < 1.29 is 9.53 Å². The molecule has 1 fully saturated rings. The summed E-state index contributed by atoms with van der Waals surface area (Å²) in [6.45, 7) is 4.00. The fraction of sp³-hybridized carbons (Fsp3) is 0.154. The number of ether oxygens (including phenoxy) is 1. The number of amidine groups is 1. The molecule has 158 valence electrons. The maximum atomic E-state index is 12.6. The van der Waals surface area contributed by atoms with Crippen LogP contribution in [-0.2, 0) is 4.79 Å². The zero-order valence-corrected chi connectivity index (χ0v) is 19.0. The van der Waals surface area contributed by atoms with E-state index in [9.17, 15) is 4.79 Å². The van der Waals surface area contributed by atoms with E-state index in [4.69, 9.17) is 4.74 Å². The van der Waals surface area contributed by atoms with E-state index in [1.807, 2.05) is 86.7 Å². The monoisotopic (exact) mass is 430 g/mol. The molecular weight excluding hydrogens is 404 g/mol. The first-order valence-corrected chi connectivity index (χ1v) is 11.0. The summed E-state index contributed by atoms with van der Waals surface area (Å²) in [5.74, 6) is 0.799. The highest BCUT2D eigenvalue weighted by atomic mass is 32.2. The van der Waals surface area contributed by atoms with E-state index in [1.54, 1.807) is 19.1 Å². The lowest BCUT2D eigenvalue weighted by Gasteiger charge is -2.06. The summed E-state index contributed by atoms with van der Waals surface area (Å²) in [6.07, 6.45) is 1.91. The number of rotatable bonds is 4. The zero-order valence-electron chi connectivity index (χ0n) is 18.2. The van der Waals surface area contributed by atoms with Gasteiger partial charge in [0.25, 0.3) is 5.91 Å². The molecule has 0 aromatic heterocycles. The van der Waals surface area contributed by atoms with Gasteiger partial charge in [0.15, 0.2) is 5.17 Å². The summed E-state index contributed by atoms with van der Waals surface area (Å²) in [4.78, 5) is 19.4. The van der Waals surface area contributed by atoms with Crippen LogP contribution in [0.2, 0.25) is 0 Å². The molecule has 4 nitrogen and oxygen atoms in total. The second kappa shape index (κ2) is 10.6. The molecule has 31 heavy (non-hydrogen) atoms. The molecule has 0 atom stereocenters. The summed E-state index contributed by atoms with van der Waals surface area (Å²) < 4.78 is 5.21. The molecule has 1 heterocycles. The second-order valence-electron chi connectivity index (χ2n) is 6.56. The number of amides is 1. The number of nitrogens with zero attached hydrogens (tertiary/aromatic N) is 2. The summed E-state index contributed by atoms with van der Waals surface area (Å²) >= 11 is 1.39. The summed E-state index contributed by atoms with van der Waals surface area (Å²) in [6, 6.07) is 25.8. The number of likely N-dealkylation sites (N-methyl/N-ethyl adjacent to an activating group) is 1. The Bertz CT molecular complexity index is 1070. The molecule has 5 heteroatoms. The molecule has 4 rings (SSSR count). The van der Waals surface area contributed by atoms with E-state index < -0.39 is 0 Å². The Kier molecular flexibility index (Phi) is 7.68.